The van der Waals surface area contributed by atoms with Gasteiger partial charge in [0.1, 0.15) is 17.5 Å². The number of rotatable bonds is 9. The minimum atomic E-state index is -1.01. The highest BCUT2D eigenvalue weighted by molar-refractivity contribution is 6.23. The predicted octanol–water partition coefficient (Wildman–Crippen LogP) is 2.82. The number of hydrogen-bond acceptors (Lipinski definition) is 11. The van der Waals surface area contributed by atoms with Crippen molar-refractivity contribution in [2.24, 2.45) is 7.05 Å². The van der Waals surface area contributed by atoms with Crippen LogP contribution in [0.15, 0.2) is 41.3 Å². The number of hydrogen-bond donors (Lipinski definition) is 2. The molecule has 3 saturated heterocycles. The quantitative estimate of drug-likeness (QED) is 0.305. The molecular formula is C43H51N7O9. The number of fused-ring (bicyclic) bond motifs is 2. The Morgan fingerprint density at radius 2 is 1.61 bits per heavy atom. The standard InChI is InChI=1S/C43H51N7O9/c1-46(2)22-33-35(57-4)18-25(19-36(33)58-5)31-23-47(3)39(53)32-24-49(15-11-28(31)32)42(56)44-21-27-10-12-43(59-27)13-16-48(17-14-43)26-6-7-29-30(20-26)41(55)50(40(29)54)34-8-9-37(51)45-38(34)52/h6-7,18-20,23,27,34H,8-17,21-22,24H2,1-5H3,(H,44,56)(H,45,51,52). The minimum Gasteiger partial charge on any atom is -0.496 e. The van der Waals surface area contributed by atoms with Gasteiger partial charge >= 0.3 is 6.03 Å². The van der Waals surface area contributed by atoms with E-state index >= 15 is 0 Å². The van der Waals surface area contributed by atoms with Gasteiger partial charge in [-0.1, -0.05) is 0 Å². The van der Waals surface area contributed by atoms with Gasteiger partial charge < -0.3 is 38.8 Å². The zero-order chi connectivity index (χ0) is 41.7. The van der Waals surface area contributed by atoms with Crippen molar-refractivity contribution < 1.29 is 38.2 Å². The number of imide groups is 2. The molecule has 16 nitrogen and oxygen atoms in total. The molecule has 59 heavy (non-hydrogen) atoms. The monoisotopic (exact) mass is 809 g/mol. The molecule has 2 unspecified atom stereocenters. The first-order chi connectivity index (χ1) is 28.3. The zero-order valence-electron chi connectivity index (χ0n) is 34.2. The molecule has 312 valence electrons. The normalized spacial score (nSPS) is 21.2. The van der Waals surface area contributed by atoms with Gasteiger partial charge in [0, 0.05) is 69.2 Å². The second-order valence-corrected chi connectivity index (χ2v) is 16.5. The predicted molar refractivity (Wildman–Crippen MR) is 217 cm³/mol. The van der Waals surface area contributed by atoms with Gasteiger partial charge in [0.2, 0.25) is 11.8 Å². The number of benzene rings is 2. The highest BCUT2D eigenvalue weighted by atomic mass is 16.5. The summed E-state index contributed by atoms with van der Waals surface area (Å²) in [5, 5.41) is 5.31. The molecule has 0 radical (unpaired) electrons. The maximum absolute atomic E-state index is 13.6. The van der Waals surface area contributed by atoms with Crippen molar-refractivity contribution in [1.29, 1.82) is 0 Å². The van der Waals surface area contributed by atoms with E-state index in [1.165, 1.54) is 0 Å². The highest BCUT2D eigenvalue weighted by Crippen LogP contribution is 2.41. The fraction of sp³-hybridized carbons (Fsp3) is 0.488. The second-order valence-electron chi connectivity index (χ2n) is 16.5. The molecule has 3 fully saturated rings. The van der Waals surface area contributed by atoms with E-state index in [4.69, 9.17) is 14.2 Å². The summed E-state index contributed by atoms with van der Waals surface area (Å²) in [4.78, 5) is 84.6. The van der Waals surface area contributed by atoms with Crippen LogP contribution < -0.4 is 30.6 Å². The van der Waals surface area contributed by atoms with E-state index in [2.05, 4.69) is 15.5 Å². The van der Waals surface area contributed by atoms with Crippen LogP contribution in [0.4, 0.5) is 10.5 Å². The van der Waals surface area contributed by atoms with Gasteiger partial charge in [0.05, 0.1) is 49.2 Å². The van der Waals surface area contributed by atoms with Crippen molar-refractivity contribution >= 4 is 35.3 Å². The van der Waals surface area contributed by atoms with Crippen molar-refractivity contribution in [3.8, 4) is 22.6 Å². The molecule has 16 heteroatoms. The third kappa shape index (κ3) is 7.43. The van der Waals surface area contributed by atoms with E-state index < -0.39 is 29.7 Å². The lowest BCUT2D eigenvalue weighted by Gasteiger charge is -2.40. The summed E-state index contributed by atoms with van der Waals surface area (Å²) < 4.78 is 19.8. The highest BCUT2D eigenvalue weighted by Gasteiger charge is 2.46. The number of pyridine rings is 1. The molecule has 3 aromatic rings. The molecule has 6 amide bonds. The minimum absolute atomic E-state index is 0.0678. The SMILES string of the molecule is COc1cc(-c2cn(C)c(=O)c3c2CCN(C(=O)NCC2CCC4(CCN(c5ccc6c(c5)C(=O)N(C5CCC(=O)NC5=O)C6=O)CC4)O2)C3)cc(OC)c1CN(C)C. The molecular weight excluding hydrogens is 759 g/mol. The Balaban J connectivity index is 0.872. The van der Waals surface area contributed by atoms with Crippen LogP contribution in [-0.4, -0.2) is 121 Å². The first-order valence-corrected chi connectivity index (χ1v) is 20.2. The molecule has 2 atom stereocenters. The van der Waals surface area contributed by atoms with E-state index in [0.29, 0.717) is 56.2 Å². The number of aromatic nitrogens is 1. The molecule has 8 rings (SSSR count). The lowest BCUT2D eigenvalue weighted by molar-refractivity contribution is -0.136. The van der Waals surface area contributed by atoms with Gasteiger partial charge in [-0.3, -0.25) is 34.2 Å². The third-order valence-electron chi connectivity index (χ3n) is 12.5. The van der Waals surface area contributed by atoms with Gasteiger partial charge in [-0.15, -0.1) is 0 Å². The molecule has 5 aliphatic rings. The average molecular weight is 810 g/mol. The van der Waals surface area contributed by atoms with Crippen molar-refractivity contribution in [2.75, 3.05) is 59.4 Å². The second kappa shape index (κ2) is 15.8. The summed E-state index contributed by atoms with van der Waals surface area (Å²) >= 11 is 0. The van der Waals surface area contributed by atoms with E-state index in [9.17, 15) is 28.8 Å². The summed E-state index contributed by atoms with van der Waals surface area (Å²) in [7, 11) is 8.97. The van der Waals surface area contributed by atoms with Crippen LogP contribution in [0.5, 0.6) is 11.5 Å². The van der Waals surface area contributed by atoms with Crippen molar-refractivity contribution in [1.82, 2.24) is 29.9 Å². The maximum Gasteiger partial charge on any atom is 0.317 e. The summed E-state index contributed by atoms with van der Waals surface area (Å²) in [6, 6.07) is 7.92. The molecule has 5 aliphatic heterocycles. The van der Waals surface area contributed by atoms with Crippen LogP contribution in [-0.2, 0) is 40.9 Å². The Labute approximate surface area is 342 Å². The van der Waals surface area contributed by atoms with Gasteiger partial charge in [-0.25, -0.2) is 4.79 Å². The molecule has 6 heterocycles. The topological polar surface area (TPSA) is 172 Å². The maximum atomic E-state index is 13.6. The van der Waals surface area contributed by atoms with Gasteiger partial charge in [0.25, 0.3) is 17.4 Å². The molecule has 1 aromatic heterocycles. The number of methoxy groups -OCH3 is 2. The number of carbonyl (C=O) groups is 5. The van der Waals surface area contributed by atoms with Crippen molar-refractivity contribution in [3.05, 3.63) is 74.7 Å². The smallest absolute Gasteiger partial charge is 0.317 e. The molecule has 0 bridgehead atoms. The Morgan fingerprint density at radius 1 is 0.898 bits per heavy atom. The van der Waals surface area contributed by atoms with Crippen LogP contribution in [0, 0.1) is 0 Å². The Hall–Kier alpha value is -5.74. The molecule has 2 aromatic carbocycles. The third-order valence-corrected chi connectivity index (χ3v) is 12.5. The molecule has 2 N–H and O–H groups in total. The zero-order valence-corrected chi connectivity index (χ0v) is 34.2. The van der Waals surface area contributed by atoms with Crippen LogP contribution in [0.1, 0.15) is 75.9 Å². The fourth-order valence-corrected chi connectivity index (χ4v) is 9.38. The summed E-state index contributed by atoms with van der Waals surface area (Å²) in [6.07, 6.45) is 5.58. The molecule has 0 saturated carbocycles. The lowest BCUT2D eigenvalue weighted by atomic mass is 9.88. The van der Waals surface area contributed by atoms with Crippen LogP contribution in [0.3, 0.4) is 0 Å². The van der Waals surface area contributed by atoms with Crippen LogP contribution in [0.2, 0.25) is 0 Å². The number of urea groups is 1. The first-order valence-electron chi connectivity index (χ1n) is 20.2. The summed E-state index contributed by atoms with van der Waals surface area (Å²) in [6.45, 7) is 3.00. The number of nitrogens with zero attached hydrogens (tertiary/aromatic N) is 5. The first kappa shape index (κ1) is 40.1. The number of amides is 6. The summed E-state index contributed by atoms with van der Waals surface area (Å²) in [5.41, 5.74) is 5.10. The number of ether oxygens (including phenoxy) is 3. The Kier molecular flexibility index (Phi) is 10.7. The van der Waals surface area contributed by atoms with E-state index in [1.54, 1.807) is 42.9 Å². The van der Waals surface area contributed by atoms with Gasteiger partial charge in [-0.05, 0) is 94.1 Å². The van der Waals surface area contributed by atoms with Crippen molar-refractivity contribution in [3.63, 3.8) is 0 Å². The fourth-order valence-electron chi connectivity index (χ4n) is 9.38. The number of anilines is 1. The van der Waals surface area contributed by atoms with E-state index in [1.807, 2.05) is 43.4 Å². The Morgan fingerprint density at radius 3 is 2.29 bits per heavy atom. The lowest BCUT2D eigenvalue weighted by Crippen LogP contribution is -2.54. The number of nitrogens with one attached hydrogen (secondary N) is 2. The van der Waals surface area contributed by atoms with Crippen LogP contribution in [0.25, 0.3) is 11.1 Å². The number of carbonyl (C=O) groups excluding carboxylic acids is 5. The van der Waals surface area contributed by atoms with Gasteiger partial charge in [-0.2, -0.15) is 0 Å². The number of piperidine rings is 2. The largest absolute Gasteiger partial charge is 0.496 e. The molecule has 1 spiro atoms. The van der Waals surface area contributed by atoms with E-state index in [0.717, 1.165) is 58.5 Å². The van der Waals surface area contributed by atoms with Crippen LogP contribution >= 0.6 is 0 Å². The average Bonchev–Trinajstić information content (AvgIpc) is 3.74. The van der Waals surface area contributed by atoms with E-state index in [-0.39, 0.29) is 53.8 Å². The van der Waals surface area contributed by atoms with Crippen molar-refractivity contribution in [2.45, 2.75) is 75.8 Å². The Bertz CT molecular complexity index is 2270. The van der Waals surface area contributed by atoms with Gasteiger partial charge in [0.15, 0.2) is 0 Å². The number of aryl methyl sites for hydroxylation is 1. The summed E-state index contributed by atoms with van der Waals surface area (Å²) in [5.74, 6) is -0.692. The molecule has 0 aliphatic carbocycles.